The number of aryl methyl sites for hydroxylation is 2. The second-order valence-electron chi connectivity index (χ2n) is 14.5. The molecule has 1 amide bonds. The van der Waals surface area contributed by atoms with E-state index in [1.165, 1.54) is 21.3 Å². The maximum atomic E-state index is 14.2. The number of carbonyl (C=O) groups excluding carboxylic acids is 1. The molecule has 266 valence electrons. The number of carbonyl (C=O) groups is 1. The molecule has 52 heavy (non-hydrogen) atoms. The van der Waals surface area contributed by atoms with Gasteiger partial charge >= 0.3 is 0 Å². The summed E-state index contributed by atoms with van der Waals surface area (Å²) in [7, 11) is 0. The molecule has 0 aliphatic carbocycles. The molecular formula is C41H43N7O3S. The van der Waals surface area contributed by atoms with Crippen LogP contribution in [0.15, 0.2) is 103 Å². The zero-order valence-corrected chi connectivity index (χ0v) is 30.4. The van der Waals surface area contributed by atoms with Crippen LogP contribution >= 0.6 is 11.3 Å². The van der Waals surface area contributed by atoms with Crippen LogP contribution in [0.5, 0.6) is 0 Å². The van der Waals surface area contributed by atoms with Crippen LogP contribution in [-0.4, -0.2) is 76.7 Å². The van der Waals surface area contributed by atoms with Crippen molar-refractivity contribution >= 4 is 28.3 Å². The zero-order chi connectivity index (χ0) is 35.8. The standard InChI is InChI=1S/C41H43N7O3S/c1-28-8-12-32(13-9-28)48-19-15-35-37(48)44-27-47(40(35)50)26-41(51)16-20-46(21-17-41)39(49)34-14-18-45(25-36(34)30-6-4-3-5-7-30)24-33-23-43-38(52-33)31-11-10-29(2)42-22-31/h3-13,15,19,22-23,27,34,36,51H,14,16-18,20-21,24-26H2,1-2H3/t34-,36+/m1/s1. The minimum atomic E-state index is -1.11. The van der Waals surface area contributed by atoms with Gasteiger partial charge in [-0.1, -0.05) is 48.0 Å². The molecular weight excluding hydrogens is 671 g/mol. The lowest BCUT2D eigenvalue weighted by atomic mass is 9.79. The lowest BCUT2D eigenvalue weighted by molar-refractivity contribution is -0.142. The molecule has 0 spiro atoms. The van der Waals surface area contributed by atoms with Crippen molar-refractivity contribution in [3.05, 3.63) is 130 Å². The van der Waals surface area contributed by atoms with Gasteiger partial charge in [0, 0.05) is 78.4 Å². The minimum absolute atomic E-state index is 0.0561. The normalized spacial score (nSPS) is 19.2. The molecule has 2 atom stereocenters. The third-order valence-electron chi connectivity index (χ3n) is 10.8. The average Bonchev–Trinajstić information content (AvgIpc) is 3.82. The van der Waals surface area contributed by atoms with Crippen LogP contribution in [0.3, 0.4) is 0 Å². The summed E-state index contributed by atoms with van der Waals surface area (Å²) < 4.78 is 3.43. The molecule has 2 aliphatic heterocycles. The fraction of sp³-hybridized carbons (Fsp3) is 0.341. The molecule has 10 nitrogen and oxygen atoms in total. The van der Waals surface area contributed by atoms with E-state index >= 15 is 0 Å². The van der Waals surface area contributed by atoms with Gasteiger partial charge < -0.3 is 14.6 Å². The minimum Gasteiger partial charge on any atom is -0.388 e. The van der Waals surface area contributed by atoms with Gasteiger partial charge in [-0.25, -0.2) is 9.97 Å². The van der Waals surface area contributed by atoms with E-state index in [-0.39, 0.29) is 29.8 Å². The van der Waals surface area contributed by atoms with Crippen LogP contribution in [-0.2, 0) is 17.9 Å². The number of thiazole rings is 1. The maximum absolute atomic E-state index is 14.2. The number of piperidine rings is 2. The molecule has 6 heterocycles. The SMILES string of the molecule is Cc1ccc(-n2ccc3c(=O)n(CC4(O)CCN(C(=O)[C@@H]5CCN(Cc6cnc(-c7ccc(C)nc7)s6)C[C@H]5c5ccccc5)CC4)cnc32)cc1. The van der Waals surface area contributed by atoms with Gasteiger partial charge in [-0.3, -0.25) is 24.0 Å². The van der Waals surface area contributed by atoms with Crippen LogP contribution in [0, 0.1) is 19.8 Å². The van der Waals surface area contributed by atoms with Crippen molar-refractivity contribution in [1.29, 1.82) is 0 Å². The summed E-state index contributed by atoms with van der Waals surface area (Å²) in [5, 5.41) is 13.2. The summed E-state index contributed by atoms with van der Waals surface area (Å²) in [4.78, 5) is 47.1. The van der Waals surface area contributed by atoms with Crippen molar-refractivity contribution in [3.8, 4) is 16.3 Å². The summed E-state index contributed by atoms with van der Waals surface area (Å²) >= 11 is 1.70. The maximum Gasteiger partial charge on any atom is 0.262 e. The number of nitrogens with zero attached hydrogens (tertiary/aromatic N) is 7. The fourth-order valence-corrected chi connectivity index (χ4v) is 8.70. The van der Waals surface area contributed by atoms with Crippen molar-refractivity contribution in [2.75, 3.05) is 26.2 Å². The van der Waals surface area contributed by atoms with E-state index in [1.807, 2.05) is 90.4 Å². The third kappa shape index (κ3) is 6.96. The quantitative estimate of drug-likeness (QED) is 0.207. The first-order chi connectivity index (χ1) is 25.2. The Hall–Kier alpha value is -4.97. The zero-order valence-electron chi connectivity index (χ0n) is 29.6. The monoisotopic (exact) mass is 713 g/mol. The number of hydrogen-bond acceptors (Lipinski definition) is 8. The Morgan fingerprint density at radius 3 is 2.46 bits per heavy atom. The molecule has 0 unspecified atom stereocenters. The van der Waals surface area contributed by atoms with Gasteiger partial charge in [-0.15, -0.1) is 11.3 Å². The van der Waals surface area contributed by atoms with E-state index < -0.39 is 5.60 Å². The molecule has 2 aliphatic rings. The summed E-state index contributed by atoms with van der Waals surface area (Å²) in [6.45, 7) is 7.44. The molecule has 0 bridgehead atoms. The van der Waals surface area contributed by atoms with E-state index in [2.05, 4.69) is 38.1 Å². The van der Waals surface area contributed by atoms with Crippen LogP contribution in [0.1, 0.15) is 46.9 Å². The highest BCUT2D eigenvalue weighted by Crippen LogP contribution is 2.37. The van der Waals surface area contributed by atoms with E-state index in [0.717, 1.165) is 53.6 Å². The van der Waals surface area contributed by atoms with E-state index in [4.69, 9.17) is 0 Å². The van der Waals surface area contributed by atoms with Crippen molar-refractivity contribution < 1.29 is 9.90 Å². The highest BCUT2D eigenvalue weighted by atomic mass is 32.1. The topological polar surface area (TPSA) is 109 Å². The van der Waals surface area contributed by atoms with E-state index in [0.29, 0.717) is 37.0 Å². The van der Waals surface area contributed by atoms with Crippen LogP contribution in [0.2, 0.25) is 0 Å². The van der Waals surface area contributed by atoms with Gasteiger partial charge in [-0.05, 0) is 75.5 Å². The van der Waals surface area contributed by atoms with Crippen molar-refractivity contribution in [1.82, 2.24) is 33.9 Å². The molecule has 6 aromatic rings. The first kappa shape index (κ1) is 34.1. The van der Waals surface area contributed by atoms with Crippen molar-refractivity contribution in [3.63, 3.8) is 0 Å². The number of benzene rings is 2. The van der Waals surface area contributed by atoms with Gasteiger partial charge in [0.1, 0.15) is 11.3 Å². The number of hydrogen-bond donors (Lipinski definition) is 1. The highest BCUT2D eigenvalue weighted by molar-refractivity contribution is 7.15. The average molecular weight is 714 g/mol. The molecule has 4 aromatic heterocycles. The van der Waals surface area contributed by atoms with E-state index in [1.54, 1.807) is 17.4 Å². The van der Waals surface area contributed by atoms with E-state index in [9.17, 15) is 14.7 Å². The number of amides is 1. The molecule has 2 aromatic carbocycles. The van der Waals surface area contributed by atoms with Gasteiger partial charge in [0.2, 0.25) is 5.91 Å². The first-order valence-electron chi connectivity index (χ1n) is 18.0. The first-order valence-corrected chi connectivity index (χ1v) is 18.8. The van der Waals surface area contributed by atoms with Gasteiger partial charge in [-0.2, -0.15) is 0 Å². The second-order valence-corrected chi connectivity index (χ2v) is 15.6. The Balaban J connectivity index is 0.927. The molecule has 0 radical (unpaired) electrons. The predicted molar refractivity (Wildman–Crippen MR) is 203 cm³/mol. The Kier molecular flexibility index (Phi) is 9.33. The number of fused-ring (bicyclic) bond motifs is 1. The number of pyridine rings is 1. The predicted octanol–water partition coefficient (Wildman–Crippen LogP) is 5.98. The lowest BCUT2D eigenvalue weighted by Gasteiger charge is -2.43. The fourth-order valence-electron chi connectivity index (χ4n) is 7.76. The summed E-state index contributed by atoms with van der Waals surface area (Å²) in [5.41, 5.74) is 4.58. The smallest absolute Gasteiger partial charge is 0.262 e. The second kappa shape index (κ2) is 14.2. The third-order valence-corrected chi connectivity index (χ3v) is 11.8. The number of likely N-dealkylation sites (tertiary alicyclic amines) is 2. The van der Waals surface area contributed by atoms with Crippen LogP contribution in [0.25, 0.3) is 27.3 Å². The molecule has 0 saturated carbocycles. The van der Waals surface area contributed by atoms with Gasteiger partial charge in [0.25, 0.3) is 5.56 Å². The van der Waals surface area contributed by atoms with Crippen molar-refractivity contribution in [2.24, 2.45) is 5.92 Å². The summed E-state index contributed by atoms with van der Waals surface area (Å²) in [6, 6.07) is 24.3. The van der Waals surface area contributed by atoms with Crippen LogP contribution in [0.4, 0.5) is 0 Å². The molecule has 2 saturated heterocycles. The number of aliphatic hydroxyl groups is 1. The van der Waals surface area contributed by atoms with Crippen LogP contribution < -0.4 is 5.56 Å². The highest BCUT2D eigenvalue weighted by Gasteiger charge is 2.41. The Morgan fingerprint density at radius 2 is 1.71 bits per heavy atom. The number of rotatable bonds is 8. The molecule has 11 heteroatoms. The summed E-state index contributed by atoms with van der Waals surface area (Å²) in [5.74, 6) is 0.0630. The Bertz CT molecular complexity index is 2240. The largest absolute Gasteiger partial charge is 0.388 e. The number of aromatic nitrogens is 5. The molecule has 1 N–H and O–H groups in total. The Morgan fingerprint density at radius 1 is 0.923 bits per heavy atom. The van der Waals surface area contributed by atoms with Crippen molar-refractivity contribution in [2.45, 2.75) is 57.7 Å². The lowest BCUT2D eigenvalue weighted by Crippen LogP contribution is -2.53. The summed E-state index contributed by atoms with van der Waals surface area (Å²) in [6.07, 6.45) is 8.79. The molecule has 2 fully saturated rings. The molecule has 8 rings (SSSR count). The van der Waals surface area contributed by atoms with Gasteiger partial charge in [0.15, 0.2) is 5.65 Å². The van der Waals surface area contributed by atoms with Gasteiger partial charge in [0.05, 0.1) is 17.5 Å². The Labute approximate surface area is 307 Å².